The summed E-state index contributed by atoms with van der Waals surface area (Å²) in [5.74, 6) is 0.910. The summed E-state index contributed by atoms with van der Waals surface area (Å²) in [6, 6.07) is 0.426. The Bertz CT molecular complexity index is 361. The van der Waals surface area contributed by atoms with Crippen LogP contribution in [0.4, 0.5) is 11.9 Å². The fourth-order valence-corrected chi connectivity index (χ4v) is 1.44. The molecule has 0 bridgehead atoms. The molecule has 0 saturated heterocycles. The Kier molecular flexibility index (Phi) is 6.13. The fourth-order valence-electron chi connectivity index (χ4n) is 1.44. The molecule has 7 nitrogen and oxygen atoms in total. The summed E-state index contributed by atoms with van der Waals surface area (Å²) in [7, 11) is 1.74. The number of nitrogens with one attached hydrogen (secondary N) is 2. The molecule has 1 unspecified atom stereocenters. The van der Waals surface area contributed by atoms with Crippen LogP contribution in [0.3, 0.4) is 0 Å². The Morgan fingerprint density at radius 1 is 1.22 bits per heavy atom. The van der Waals surface area contributed by atoms with Gasteiger partial charge in [0, 0.05) is 19.7 Å². The molecule has 0 saturated carbocycles. The smallest absolute Gasteiger partial charge is 0.323 e. The van der Waals surface area contributed by atoms with Gasteiger partial charge in [-0.1, -0.05) is 6.92 Å². The highest BCUT2D eigenvalue weighted by Crippen LogP contribution is 2.13. The predicted octanol–water partition coefficient (Wildman–Crippen LogP) is 0.885. The van der Waals surface area contributed by atoms with E-state index in [1.165, 1.54) is 0 Å². The number of hydrogen-bond acceptors (Lipinski definition) is 7. The zero-order valence-electron chi connectivity index (χ0n) is 11.1. The molecule has 1 aromatic heterocycles. The molecular formula is C11H21N5O2. The van der Waals surface area contributed by atoms with Gasteiger partial charge in [0.05, 0.1) is 6.61 Å². The van der Waals surface area contributed by atoms with Crippen LogP contribution in [0.2, 0.25) is 0 Å². The fraction of sp³-hybridized carbons (Fsp3) is 0.727. The lowest BCUT2D eigenvalue weighted by molar-refractivity contribution is 0.277. The van der Waals surface area contributed by atoms with Crippen molar-refractivity contribution in [2.24, 2.45) is 0 Å². The first-order valence-corrected chi connectivity index (χ1v) is 6.17. The third kappa shape index (κ3) is 4.33. The van der Waals surface area contributed by atoms with Crippen molar-refractivity contribution in [1.82, 2.24) is 15.0 Å². The van der Waals surface area contributed by atoms with Crippen molar-refractivity contribution in [3.05, 3.63) is 0 Å². The van der Waals surface area contributed by atoms with Crippen LogP contribution >= 0.6 is 0 Å². The highest BCUT2D eigenvalue weighted by Gasteiger charge is 2.10. The van der Waals surface area contributed by atoms with Crippen LogP contribution in [0.25, 0.3) is 0 Å². The lowest BCUT2D eigenvalue weighted by atomic mass is 10.2. The Hall–Kier alpha value is -1.63. The van der Waals surface area contributed by atoms with E-state index in [0.717, 1.165) is 6.42 Å². The van der Waals surface area contributed by atoms with Crippen molar-refractivity contribution in [2.45, 2.75) is 32.7 Å². The molecule has 0 fully saturated rings. The maximum Gasteiger partial charge on any atom is 0.323 e. The van der Waals surface area contributed by atoms with Gasteiger partial charge in [0.2, 0.25) is 11.9 Å². The molecule has 1 atom stereocenters. The Morgan fingerprint density at radius 2 is 1.94 bits per heavy atom. The van der Waals surface area contributed by atoms with Crippen LogP contribution in [-0.4, -0.2) is 46.4 Å². The van der Waals surface area contributed by atoms with Gasteiger partial charge in [-0.2, -0.15) is 15.0 Å². The zero-order chi connectivity index (χ0) is 13.4. The summed E-state index contributed by atoms with van der Waals surface area (Å²) in [5, 5.41) is 15.0. The maximum atomic E-state index is 8.96. The average Bonchev–Trinajstić information content (AvgIpc) is 2.38. The third-order valence-corrected chi connectivity index (χ3v) is 2.42. The molecule has 0 spiro atoms. The van der Waals surface area contributed by atoms with Gasteiger partial charge in [-0.25, -0.2) is 0 Å². The van der Waals surface area contributed by atoms with Crippen LogP contribution in [0.1, 0.15) is 26.7 Å². The lowest BCUT2D eigenvalue weighted by Crippen LogP contribution is -2.22. The SMILES string of the molecule is CCOc1nc(NC)nc(NC(CC)CCO)n1. The zero-order valence-corrected chi connectivity index (χ0v) is 11.1. The molecule has 0 amide bonds. The average molecular weight is 255 g/mol. The van der Waals surface area contributed by atoms with Gasteiger partial charge in [-0.15, -0.1) is 0 Å². The monoisotopic (exact) mass is 255 g/mol. The van der Waals surface area contributed by atoms with Crippen molar-refractivity contribution in [2.75, 3.05) is 30.9 Å². The second-order valence-corrected chi connectivity index (χ2v) is 3.71. The van der Waals surface area contributed by atoms with E-state index in [-0.39, 0.29) is 12.6 Å². The molecule has 1 rings (SSSR count). The Morgan fingerprint density at radius 3 is 2.50 bits per heavy atom. The quantitative estimate of drug-likeness (QED) is 0.635. The third-order valence-electron chi connectivity index (χ3n) is 2.42. The number of aliphatic hydroxyl groups is 1. The molecule has 0 aliphatic carbocycles. The number of aromatic nitrogens is 3. The Balaban J connectivity index is 2.82. The van der Waals surface area contributed by atoms with E-state index in [1.807, 2.05) is 13.8 Å². The molecule has 0 aliphatic heterocycles. The molecule has 0 radical (unpaired) electrons. The Labute approximate surface area is 107 Å². The second kappa shape index (κ2) is 7.65. The molecule has 0 aromatic carbocycles. The minimum atomic E-state index is 0.133. The number of rotatable bonds is 8. The molecular weight excluding hydrogens is 234 g/mol. The van der Waals surface area contributed by atoms with E-state index in [9.17, 15) is 0 Å². The van der Waals surface area contributed by atoms with Crippen LogP contribution in [0, 0.1) is 0 Å². The van der Waals surface area contributed by atoms with Gasteiger partial charge in [-0.05, 0) is 19.8 Å². The van der Waals surface area contributed by atoms with E-state index in [4.69, 9.17) is 9.84 Å². The molecule has 1 heterocycles. The van der Waals surface area contributed by atoms with Crippen molar-refractivity contribution in [1.29, 1.82) is 0 Å². The van der Waals surface area contributed by atoms with Crippen LogP contribution < -0.4 is 15.4 Å². The number of nitrogens with zero attached hydrogens (tertiary/aromatic N) is 3. The standard InChI is InChI=1S/C11H21N5O2/c1-4-8(6-7-17)13-10-14-9(12-3)15-11(16-10)18-5-2/h8,17H,4-7H2,1-3H3,(H2,12,13,14,15,16). The number of ether oxygens (including phenoxy) is 1. The number of hydrogen-bond donors (Lipinski definition) is 3. The van der Waals surface area contributed by atoms with E-state index < -0.39 is 0 Å². The molecule has 1 aromatic rings. The van der Waals surface area contributed by atoms with Crippen LogP contribution in [0.15, 0.2) is 0 Å². The molecule has 3 N–H and O–H groups in total. The van der Waals surface area contributed by atoms with Gasteiger partial charge < -0.3 is 20.5 Å². The van der Waals surface area contributed by atoms with Crippen LogP contribution in [0.5, 0.6) is 6.01 Å². The van der Waals surface area contributed by atoms with Gasteiger partial charge >= 0.3 is 6.01 Å². The highest BCUT2D eigenvalue weighted by molar-refractivity contribution is 5.36. The maximum absolute atomic E-state index is 8.96. The minimum absolute atomic E-state index is 0.133. The highest BCUT2D eigenvalue weighted by atomic mass is 16.5. The predicted molar refractivity (Wildman–Crippen MR) is 69.9 cm³/mol. The first-order chi connectivity index (χ1) is 8.73. The summed E-state index contributed by atoms with van der Waals surface area (Å²) >= 11 is 0. The second-order valence-electron chi connectivity index (χ2n) is 3.71. The number of anilines is 2. The van der Waals surface area contributed by atoms with Gasteiger partial charge in [0.1, 0.15) is 0 Å². The van der Waals surface area contributed by atoms with E-state index in [0.29, 0.717) is 30.9 Å². The molecule has 18 heavy (non-hydrogen) atoms. The topological polar surface area (TPSA) is 92.2 Å². The molecule has 102 valence electrons. The summed E-state index contributed by atoms with van der Waals surface area (Å²) in [6.45, 7) is 4.54. The first kappa shape index (κ1) is 14.4. The van der Waals surface area contributed by atoms with Gasteiger partial charge in [0.25, 0.3) is 0 Å². The van der Waals surface area contributed by atoms with E-state index in [1.54, 1.807) is 7.05 Å². The molecule has 7 heteroatoms. The normalized spacial score (nSPS) is 12.0. The largest absolute Gasteiger partial charge is 0.464 e. The summed E-state index contributed by atoms with van der Waals surface area (Å²) in [6.07, 6.45) is 1.53. The number of aliphatic hydroxyl groups excluding tert-OH is 1. The lowest BCUT2D eigenvalue weighted by Gasteiger charge is -2.16. The van der Waals surface area contributed by atoms with Gasteiger partial charge in [-0.3, -0.25) is 0 Å². The summed E-state index contributed by atoms with van der Waals surface area (Å²) in [4.78, 5) is 12.4. The van der Waals surface area contributed by atoms with E-state index in [2.05, 4.69) is 25.6 Å². The van der Waals surface area contributed by atoms with Crippen molar-refractivity contribution in [3.8, 4) is 6.01 Å². The summed E-state index contributed by atoms with van der Waals surface area (Å²) < 4.78 is 5.27. The van der Waals surface area contributed by atoms with Crippen molar-refractivity contribution < 1.29 is 9.84 Å². The van der Waals surface area contributed by atoms with Crippen LogP contribution in [-0.2, 0) is 0 Å². The van der Waals surface area contributed by atoms with Gasteiger partial charge in [0.15, 0.2) is 0 Å². The minimum Gasteiger partial charge on any atom is -0.464 e. The van der Waals surface area contributed by atoms with Crippen molar-refractivity contribution >= 4 is 11.9 Å². The van der Waals surface area contributed by atoms with Crippen molar-refractivity contribution in [3.63, 3.8) is 0 Å². The molecule has 0 aliphatic rings. The van der Waals surface area contributed by atoms with E-state index >= 15 is 0 Å². The summed E-state index contributed by atoms with van der Waals surface area (Å²) in [5.41, 5.74) is 0. The first-order valence-electron chi connectivity index (χ1n) is 6.17.